The molecule has 0 aromatic carbocycles. The summed E-state index contributed by atoms with van der Waals surface area (Å²) in [4.78, 5) is 11.2. The average Bonchev–Trinajstić information content (AvgIpc) is 2.69. The topological polar surface area (TPSA) is 29.0 Å². The highest BCUT2D eigenvalue weighted by molar-refractivity contribution is 7.98. The van der Waals surface area contributed by atoms with Gasteiger partial charge in [0, 0.05) is 18.2 Å². The van der Waals surface area contributed by atoms with Crippen LogP contribution in [0.5, 0.6) is 0 Å². The van der Waals surface area contributed by atoms with Crippen molar-refractivity contribution in [3.8, 4) is 0 Å². The molecule has 0 spiro atoms. The number of hydrogen-bond acceptors (Lipinski definition) is 4. The SMILES string of the molecule is CCC1CCC(C)N1c1cc(Cl)nc(SC)n1. The molecule has 2 unspecified atom stereocenters. The van der Waals surface area contributed by atoms with Crippen LogP contribution >= 0.6 is 23.4 Å². The van der Waals surface area contributed by atoms with E-state index in [0.29, 0.717) is 17.2 Å². The molecule has 2 rings (SSSR count). The van der Waals surface area contributed by atoms with Crippen LogP contribution in [0.4, 0.5) is 5.82 Å². The van der Waals surface area contributed by atoms with Gasteiger partial charge in [-0.15, -0.1) is 0 Å². The van der Waals surface area contributed by atoms with Gasteiger partial charge in [0.2, 0.25) is 0 Å². The lowest BCUT2D eigenvalue weighted by Crippen LogP contribution is -2.34. The van der Waals surface area contributed by atoms with Gasteiger partial charge in [-0.05, 0) is 32.4 Å². The van der Waals surface area contributed by atoms with Crippen LogP contribution in [0.25, 0.3) is 0 Å². The molecule has 94 valence electrons. The minimum absolute atomic E-state index is 0.535. The molecule has 1 saturated heterocycles. The van der Waals surface area contributed by atoms with Crippen molar-refractivity contribution >= 4 is 29.2 Å². The fraction of sp³-hybridized carbons (Fsp3) is 0.667. The van der Waals surface area contributed by atoms with Gasteiger partial charge in [0.1, 0.15) is 11.0 Å². The highest BCUT2D eigenvalue weighted by Gasteiger charge is 2.30. The summed E-state index contributed by atoms with van der Waals surface area (Å²) in [6, 6.07) is 3.01. The van der Waals surface area contributed by atoms with Crippen LogP contribution in [0.3, 0.4) is 0 Å². The van der Waals surface area contributed by atoms with E-state index in [4.69, 9.17) is 11.6 Å². The standard InChI is InChI=1S/C12H18ClN3S/c1-4-9-6-5-8(2)16(9)11-7-10(13)14-12(15-11)17-3/h7-9H,4-6H2,1-3H3. The smallest absolute Gasteiger partial charge is 0.190 e. The lowest BCUT2D eigenvalue weighted by molar-refractivity contribution is 0.617. The average molecular weight is 272 g/mol. The Morgan fingerprint density at radius 2 is 2.24 bits per heavy atom. The molecule has 3 nitrogen and oxygen atoms in total. The third-order valence-electron chi connectivity index (χ3n) is 3.37. The number of thioether (sulfide) groups is 1. The summed E-state index contributed by atoms with van der Waals surface area (Å²) < 4.78 is 0. The zero-order chi connectivity index (χ0) is 12.4. The number of halogens is 1. The molecule has 2 atom stereocenters. The van der Waals surface area contributed by atoms with Crippen molar-refractivity contribution in [2.75, 3.05) is 11.2 Å². The zero-order valence-corrected chi connectivity index (χ0v) is 12.1. The molecule has 1 aliphatic rings. The van der Waals surface area contributed by atoms with Crippen molar-refractivity contribution < 1.29 is 0 Å². The van der Waals surface area contributed by atoms with E-state index in [2.05, 4.69) is 28.7 Å². The Morgan fingerprint density at radius 1 is 1.47 bits per heavy atom. The second kappa shape index (κ2) is 5.44. The fourth-order valence-corrected chi connectivity index (χ4v) is 3.10. The lowest BCUT2D eigenvalue weighted by atomic mass is 10.1. The lowest BCUT2D eigenvalue weighted by Gasteiger charge is -2.29. The van der Waals surface area contributed by atoms with Crippen molar-refractivity contribution in [3.63, 3.8) is 0 Å². The Balaban J connectivity index is 2.34. The summed E-state index contributed by atoms with van der Waals surface area (Å²) >= 11 is 7.59. The molecular weight excluding hydrogens is 254 g/mol. The maximum Gasteiger partial charge on any atom is 0.190 e. The molecular formula is C12H18ClN3S. The normalized spacial score (nSPS) is 24.4. The molecule has 5 heteroatoms. The largest absolute Gasteiger partial charge is 0.351 e. The van der Waals surface area contributed by atoms with E-state index in [1.807, 2.05) is 12.3 Å². The van der Waals surface area contributed by atoms with Gasteiger partial charge in [0.05, 0.1) is 0 Å². The molecule has 2 heterocycles. The number of rotatable bonds is 3. The highest BCUT2D eigenvalue weighted by Crippen LogP contribution is 2.32. The maximum atomic E-state index is 6.05. The van der Waals surface area contributed by atoms with Crippen molar-refractivity contribution in [2.45, 2.75) is 50.4 Å². The van der Waals surface area contributed by atoms with Gasteiger partial charge in [-0.3, -0.25) is 0 Å². The Labute approximate surface area is 112 Å². The van der Waals surface area contributed by atoms with Gasteiger partial charge in [-0.2, -0.15) is 0 Å². The Hall–Kier alpha value is -0.480. The Bertz CT molecular complexity index is 399. The Kier molecular flexibility index (Phi) is 4.15. The highest BCUT2D eigenvalue weighted by atomic mass is 35.5. The molecule has 1 aromatic rings. The van der Waals surface area contributed by atoms with E-state index in [1.165, 1.54) is 24.6 Å². The molecule has 0 saturated carbocycles. The minimum Gasteiger partial charge on any atom is -0.351 e. The number of nitrogens with zero attached hydrogens (tertiary/aromatic N) is 3. The number of hydrogen-bond donors (Lipinski definition) is 0. The number of aromatic nitrogens is 2. The maximum absolute atomic E-state index is 6.05. The van der Waals surface area contributed by atoms with Crippen LogP contribution in [-0.4, -0.2) is 28.3 Å². The molecule has 0 N–H and O–H groups in total. The van der Waals surface area contributed by atoms with E-state index >= 15 is 0 Å². The van der Waals surface area contributed by atoms with Crippen molar-refractivity contribution in [3.05, 3.63) is 11.2 Å². The summed E-state index contributed by atoms with van der Waals surface area (Å²) in [5.41, 5.74) is 0. The van der Waals surface area contributed by atoms with Gasteiger partial charge in [0.25, 0.3) is 0 Å². The van der Waals surface area contributed by atoms with Gasteiger partial charge in [-0.25, -0.2) is 9.97 Å². The first-order valence-electron chi connectivity index (χ1n) is 6.02. The molecule has 1 aliphatic heterocycles. The monoisotopic (exact) mass is 271 g/mol. The zero-order valence-electron chi connectivity index (χ0n) is 10.5. The van der Waals surface area contributed by atoms with Crippen LogP contribution in [-0.2, 0) is 0 Å². The third-order valence-corrected chi connectivity index (χ3v) is 4.11. The van der Waals surface area contributed by atoms with Crippen LogP contribution in [0.2, 0.25) is 5.15 Å². The van der Waals surface area contributed by atoms with Gasteiger partial charge in [0.15, 0.2) is 5.16 Å². The van der Waals surface area contributed by atoms with Crippen LogP contribution < -0.4 is 4.90 Å². The predicted octanol–water partition coefficient (Wildman–Crippen LogP) is 3.62. The Morgan fingerprint density at radius 3 is 2.88 bits per heavy atom. The van der Waals surface area contributed by atoms with Crippen molar-refractivity contribution in [1.82, 2.24) is 9.97 Å². The first-order chi connectivity index (χ1) is 8.15. The van der Waals surface area contributed by atoms with Crippen molar-refractivity contribution in [2.24, 2.45) is 0 Å². The van der Waals surface area contributed by atoms with Crippen LogP contribution in [0.15, 0.2) is 11.2 Å². The molecule has 1 fully saturated rings. The molecule has 0 bridgehead atoms. The first-order valence-corrected chi connectivity index (χ1v) is 7.63. The van der Waals surface area contributed by atoms with E-state index in [0.717, 1.165) is 17.4 Å². The third kappa shape index (κ3) is 2.68. The molecule has 0 radical (unpaired) electrons. The second-order valence-corrected chi connectivity index (χ2v) is 5.59. The molecule has 1 aromatic heterocycles. The van der Waals surface area contributed by atoms with Gasteiger partial charge < -0.3 is 4.90 Å². The summed E-state index contributed by atoms with van der Waals surface area (Å²) in [5.74, 6) is 0.978. The minimum atomic E-state index is 0.535. The molecule has 0 amide bonds. The van der Waals surface area contributed by atoms with Gasteiger partial charge >= 0.3 is 0 Å². The summed E-state index contributed by atoms with van der Waals surface area (Å²) in [5, 5.41) is 1.29. The van der Waals surface area contributed by atoms with E-state index in [-0.39, 0.29) is 0 Å². The fourth-order valence-electron chi connectivity index (χ4n) is 2.49. The van der Waals surface area contributed by atoms with Crippen LogP contribution in [0.1, 0.15) is 33.1 Å². The van der Waals surface area contributed by atoms with E-state index in [1.54, 1.807) is 0 Å². The molecule has 0 aliphatic carbocycles. The summed E-state index contributed by atoms with van der Waals surface area (Å²) in [6.07, 6.45) is 5.60. The van der Waals surface area contributed by atoms with E-state index in [9.17, 15) is 0 Å². The van der Waals surface area contributed by atoms with Gasteiger partial charge in [-0.1, -0.05) is 30.3 Å². The first kappa shape index (κ1) is 13.0. The summed E-state index contributed by atoms with van der Waals surface area (Å²) in [6.45, 7) is 4.48. The predicted molar refractivity (Wildman–Crippen MR) is 74.1 cm³/mol. The number of anilines is 1. The van der Waals surface area contributed by atoms with E-state index < -0.39 is 0 Å². The van der Waals surface area contributed by atoms with Crippen LogP contribution in [0, 0.1) is 0 Å². The summed E-state index contributed by atoms with van der Waals surface area (Å²) in [7, 11) is 0. The molecule has 17 heavy (non-hydrogen) atoms. The quantitative estimate of drug-likeness (QED) is 0.477. The second-order valence-electron chi connectivity index (χ2n) is 4.43. The van der Waals surface area contributed by atoms with Crippen molar-refractivity contribution in [1.29, 1.82) is 0 Å².